The van der Waals surface area contributed by atoms with E-state index in [1.165, 1.54) is 0 Å². The van der Waals surface area contributed by atoms with Gasteiger partial charge in [0.1, 0.15) is 12.0 Å². The van der Waals surface area contributed by atoms with E-state index in [-0.39, 0.29) is 18.4 Å². The van der Waals surface area contributed by atoms with Gasteiger partial charge >= 0.3 is 11.9 Å². The summed E-state index contributed by atoms with van der Waals surface area (Å²) in [6.45, 7) is 6.57. The number of amides is 2. The molecule has 22 heavy (non-hydrogen) atoms. The minimum absolute atomic E-state index is 0.0387. The molecule has 0 spiro atoms. The number of hydrogen-bond acceptors (Lipinski definition) is 5. The van der Waals surface area contributed by atoms with Gasteiger partial charge in [-0.05, 0) is 11.8 Å². The van der Waals surface area contributed by atoms with Crippen molar-refractivity contribution in [3.05, 3.63) is 0 Å². The largest absolute Gasteiger partial charge is 0.480 e. The van der Waals surface area contributed by atoms with Gasteiger partial charge in [-0.2, -0.15) is 0 Å². The predicted octanol–water partition coefficient (Wildman–Crippen LogP) is -0.474. The van der Waals surface area contributed by atoms with Crippen LogP contribution in [0.4, 0.5) is 0 Å². The molecule has 0 aromatic heterocycles. The van der Waals surface area contributed by atoms with Crippen LogP contribution in [-0.2, 0) is 23.9 Å². The van der Waals surface area contributed by atoms with Gasteiger partial charge in [0, 0.05) is 0 Å². The van der Waals surface area contributed by atoms with Crippen molar-refractivity contribution in [1.29, 1.82) is 0 Å². The van der Waals surface area contributed by atoms with Crippen LogP contribution in [0.1, 0.15) is 27.7 Å². The second kappa shape index (κ2) is 7.24. The van der Waals surface area contributed by atoms with Crippen LogP contribution in [-0.4, -0.2) is 47.6 Å². The first-order valence-corrected chi connectivity index (χ1v) is 7.15. The van der Waals surface area contributed by atoms with Gasteiger partial charge in [-0.1, -0.05) is 27.7 Å². The molecule has 2 amide bonds. The highest BCUT2D eigenvalue weighted by molar-refractivity contribution is 5.96. The van der Waals surface area contributed by atoms with Crippen molar-refractivity contribution in [2.75, 3.05) is 6.54 Å². The minimum atomic E-state index is -1.14. The number of ether oxygens (including phenoxy) is 1. The molecule has 0 bridgehead atoms. The molecule has 3 N–H and O–H groups in total. The monoisotopic (exact) mass is 314 g/mol. The SMILES string of the molecule is CC(C)C(NC(=O)CNC(=O)C1OC(=O)C1C(C)C)C(=O)O. The fourth-order valence-corrected chi connectivity index (χ4v) is 2.17. The Labute approximate surface area is 128 Å². The zero-order valence-corrected chi connectivity index (χ0v) is 13.1. The summed E-state index contributed by atoms with van der Waals surface area (Å²) in [5, 5.41) is 13.7. The Hall–Kier alpha value is -2.12. The summed E-state index contributed by atoms with van der Waals surface area (Å²) in [5.74, 6) is -3.55. The predicted molar refractivity (Wildman–Crippen MR) is 75.6 cm³/mol. The van der Waals surface area contributed by atoms with Crippen LogP contribution < -0.4 is 10.6 Å². The van der Waals surface area contributed by atoms with Crippen LogP contribution in [0.15, 0.2) is 0 Å². The van der Waals surface area contributed by atoms with E-state index >= 15 is 0 Å². The fraction of sp³-hybridized carbons (Fsp3) is 0.714. The van der Waals surface area contributed by atoms with Crippen LogP contribution in [0, 0.1) is 17.8 Å². The van der Waals surface area contributed by atoms with E-state index in [4.69, 9.17) is 9.84 Å². The molecule has 0 radical (unpaired) electrons. The Morgan fingerprint density at radius 3 is 2.23 bits per heavy atom. The molecular weight excluding hydrogens is 292 g/mol. The Morgan fingerprint density at radius 2 is 1.82 bits per heavy atom. The molecule has 1 fully saturated rings. The molecule has 0 aliphatic carbocycles. The lowest BCUT2D eigenvalue weighted by Crippen LogP contribution is -2.57. The number of rotatable bonds is 7. The van der Waals surface area contributed by atoms with Crippen molar-refractivity contribution in [2.24, 2.45) is 17.8 Å². The molecule has 0 saturated carbocycles. The van der Waals surface area contributed by atoms with Gasteiger partial charge in [0.25, 0.3) is 5.91 Å². The summed E-state index contributed by atoms with van der Waals surface area (Å²) in [4.78, 5) is 45.8. The number of carboxylic acid groups (broad SMARTS) is 1. The van der Waals surface area contributed by atoms with Gasteiger partial charge in [0.05, 0.1) is 6.54 Å². The summed E-state index contributed by atoms with van der Waals surface area (Å²) in [5.41, 5.74) is 0. The summed E-state index contributed by atoms with van der Waals surface area (Å²) >= 11 is 0. The molecule has 1 aliphatic heterocycles. The highest BCUT2D eigenvalue weighted by Gasteiger charge is 2.48. The Balaban J connectivity index is 2.46. The lowest BCUT2D eigenvalue weighted by Gasteiger charge is -2.36. The van der Waals surface area contributed by atoms with Crippen molar-refractivity contribution < 1.29 is 29.0 Å². The van der Waals surface area contributed by atoms with Gasteiger partial charge in [0.2, 0.25) is 5.91 Å². The highest BCUT2D eigenvalue weighted by atomic mass is 16.6. The molecule has 124 valence electrons. The number of nitrogens with one attached hydrogen (secondary N) is 2. The van der Waals surface area contributed by atoms with E-state index in [1.54, 1.807) is 27.7 Å². The maximum atomic E-state index is 11.9. The quantitative estimate of drug-likeness (QED) is 0.546. The minimum Gasteiger partial charge on any atom is -0.480 e. The van der Waals surface area contributed by atoms with Gasteiger partial charge in [-0.15, -0.1) is 0 Å². The Morgan fingerprint density at radius 1 is 1.23 bits per heavy atom. The molecule has 0 aromatic carbocycles. The van der Waals surface area contributed by atoms with Crippen molar-refractivity contribution >= 4 is 23.8 Å². The second-order valence-electron chi connectivity index (χ2n) is 5.97. The standard InChI is InChI=1S/C14H22N2O6/c1-6(2)9-11(22-14(9)21)12(18)15-5-8(17)16-10(7(3)4)13(19)20/h6-7,9-11H,5H2,1-4H3,(H,15,18)(H,16,17)(H,19,20). The van der Waals surface area contributed by atoms with Gasteiger partial charge in [-0.3, -0.25) is 14.4 Å². The average Bonchev–Trinajstić information content (AvgIpc) is 2.37. The molecule has 1 rings (SSSR count). The molecular formula is C14H22N2O6. The lowest BCUT2D eigenvalue weighted by molar-refractivity contribution is -0.192. The number of cyclic esters (lactones) is 1. The Bertz CT molecular complexity index is 474. The summed E-state index contributed by atoms with van der Waals surface area (Å²) in [6, 6.07) is -1.02. The lowest BCUT2D eigenvalue weighted by atomic mass is 9.85. The number of carbonyl (C=O) groups is 4. The number of carboxylic acids is 1. The smallest absolute Gasteiger partial charge is 0.326 e. The van der Waals surface area contributed by atoms with E-state index in [2.05, 4.69) is 10.6 Å². The zero-order chi connectivity index (χ0) is 17.0. The van der Waals surface area contributed by atoms with E-state index < -0.39 is 41.8 Å². The van der Waals surface area contributed by atoms with Gasteiger partial charge in [0.15, 0.2) is 6.10 Å². The normalized spacial score (nSPS) is 21.8. The fourth-order valence-electron chi connectivity index (χ4n) is 2.17. The third-order valence-corrected chi connectivity index (χ3v) is 3.49. The van der Waals surface area contributed by atoms with E-state index in [9.17, 15) is 19.2 Å². The first-order valence-electron chi connectivity index (χ1n) is 7.15. The van der Waals surface area contributed by atoms with Crippen LogP contribution in [0.3, 0.4) is 0 Å². The molecule has 1 heterocycles. The molecule has 3 atom stereocenters. The summed E-state index contributed by atoms with van der Waals surface area (Å²) < 4.78 is 4.79. The summed E-state index contributed by atoms with van der Waals surface area (Å²) in [6.07, 6.45) is -0.888. The molecule has 0 aromatic rings. The maximum Gasteiger partial charge on any atom is 0.326 e. The van der Waals surface area contributed by atoms with Gasteiger partial charge in [-0.25, -0.2) is 4.79 Å². The van der Waals surface area contributed by atoms with Crippen LogP contribution >= 0.6 is 0 Å². The van der Waals surface area contributed by atoms with E-state index in [1.807, 2.05) is 0 Å². The molecule has 8 nitrogen and oxygen atoms in total. The third-order valence-electron chi connectivity index (χ3n) is 3.49. The number of esters is 1. The molecule has 1 saturated heterocycles. The van der Waals surface area contributed by atoms with Crippen molar-refractivity contribution in [3.8, 4) is 0 Å². The second-order valence-corrected chi connectivity index (χ2v) is 5.97. The topological polar surface area (TPSA) is 122 Å². The van der Waals surface area contributed by atoms with E-state index in [0.717, 1.165) is 0 Å². The first-order chi connectivity index (χ1) is 10.1. The average molecular weight is 314 g/mol. The molecule has 1 aliphatic rings. The third kappa shape index (κ3) is 4.19. The number of aliphatic carboxylic acids is 1. The van der Waals surface area contributed by atoms with Crippen LogP contribution in [0.2, 0.25) is 0 Å². The van der Waals surface area contributed by atoms with Crippen molar-refractivity contribution in [1.82, 2.24) is 10.6 Å². The molecule has 8 heteroatoms. The Kier molecular flexibility index (Phi) is 5.90. The first kappa shape index (κ1) is 17.9. The van der Waals surface area contributed by atoms with Crippen molar-refractivity contribution in [2.45, 2.75) is 39.8 Å². The number of hydrogen-bond donors (Lipinski definition) is 3. The van der Waals surface area contributed by atoms with Crippen LogP contribution in [0.5, 0.6) is 0 Å². The van der Waals surface area contributed by atoms with Crippen LogP contribution in [0.25, 0.3) is 0 Å². The van der Waals surface area contributed by atoms with E-state index in [0.29, 0.717) is 0 Å². The molecule has 3 unspecified atom stereocenters. The van der Waals surface area contributed by atoms with Crippen molar-refractivity contribution in [3.63, 3.8) is 0 Å². The zero-order valence-electron chi connectivity index (χ0n) is 13.1. The van der Waals surface area contributed by atoms with Gasteiger partial charge < -0.3 is 20.5 Å². The maximum absolute atomic E-state index is 11.9. The number of carbonyl (C=O) groups excluding carboxylic acids is 3. The summed E-state index contributed by atoms with van der Waals surface area (Å²) in [7, 11) is 0. The highest BCUT2D eigenvalue weighted by Crippen LogP contribution is 2.29.